The van der Waals surface area contributed by atoms with Crippen LogP contribution in [-0.4, -0.2) is 53.9 Å². The SMILES string of the molecule is CCn1cc(C=[NH2+])c(=O)c2cc(F)c(N3CCN(C)CC3)nc21. The van der Waals surface area contributed by atoms with Gasteiger partial charge in [0.1, 0.15) is 11.2 Å². The van der Waals surface area contributed by atoms with E-state index in [2.05, 4.69) is 9.88 Å². The molecule has 1 aliphatic heterocycles. The first-order valence-corrected chi connectivity index (χ1v) is 7.77. The molecule has 2 aromatic rings. The van der Waals surface area contributed by atoms with Crippen LogP contribution in [0, 0.1) is 5.82 Å². The summed E-state index contributed by atoms with van der Waals surface area (Å²) in [6, 6.07) is 1.29. The molecule has 0 radical (unpaired) electrons. The van der Waals surface area contributed by atoms with Crippen molar-refractivity contribution < 1.29 is 9.80 Å². The van der Waals surface area contributed by atoms with Crippen LogP contribution in [0.4, 0.5) is 10.2 Å². The minimum absolute atomic E-state index is 0.265. The smallest absolute Gasteiger partial charge is 0.204 e. The van der Waals surface area contributed by atoms with E-state index in [0.717, 1.165) is 26.2 Å². The second-order valence-electron chi connectivity index (χ2n) is 5.82. The first-order valence-electron chi connectivity index (χ1n) is 7.77. The summed E-state index contributed by atoms with van der Waals surface area (Å²) in [5, 5.41) is 5.76. The maximum atomic E-state index is 14.5. The average Bonchev–Trinajstić information content (AvgIpc) is 2.56. The Bertz CT molecular complexity index is 808. The van der Waals surface area contributed by atoms with E-state index >= 15 is 0 Å². The highest BCUT2D eigenvalue weighted by Crippen LogP contribution is 2.22. The molecular weight excluding hydrogens is 297 g/mol. The molecule has 122 valence electrons. The largest absolute Gasteiger partial charge is 0.352 e. The molecule has 1 aliphatic rings. The van der Waals surface area contributed by atoms with Crippen LogP contribution in [0.3, 0.4) is 0 Å². The molecule has 0 bridgehead atoms. The number of nitrogens with two attached hydrogens (primary N) is 1. The van der Waals surface area contributed by atoms with Crippen LogP contribution in [0.5, 0.6) is 0 Å². The molecule has 3 rings (SSSR count). The molecule has 2 aromatic heterocycles. The summed E-state index contributed by atoms with van der Waals surface area (Å²) in [6.45, 7) is 5.73. The number of hydrogen-bond donors (Lipinski definition) is 1. The first-order chi connectivity index (χ1) is 11.0. The molecule has 6 nitrogen and oxygen atoms in total. The van der Waals surface area contributed by atoms with Gasteiger partial charge in [0.2, 0.25) is 5.43 Å². The minimum Gasteiger partial charge on any atom is -0.352 e. The standard InChI is InChI=1S/C16H20FN5O/c1-3-21-10-11(9-18)14(23)12-8-13(17)16(19-15(12)21)22-6-4-20(2)5-7-22/h8-10,18H,3-7H2,1-2H3/p+1. The fourth-order valence-corrected chi connectivity index (χ4v) is 2.90. The van der Waals surface area contributed by atoms with Crippen LogP contribution < -0.4 is 15.7 Å². The fourth-order valence-electron chi connectivity index (χ4n) is 2.90. The molecule has 0 amide bonds. The van der Waals surface area contributed by atoms with Crippen molar-refractivity contribution in [1.29, 1.82) is 0 Å². The van der Waals surface area contributed by atoms with Gasteiger partial charge in [-0.2, -0.15) is 0 Å². The van der Waals surface area contributed by atoms with Crippen molar-refractivity contribution in [2.75, 3.05) is 38.1 Å². The van der Waals surface area contributed by atoms with Gasteiger partial charge >= 0.3 is 0 Å². The second-order valence-corrected chi connectivity index (χ2v) is 5.82. The van der Waals surface area contributed by atoms with E-state index in [4.69, 9.17) is 5.41 Å². The van der Waals surface area contributed by atoms with E-state index in [9.17, 15) is 9.18 Å². The Labute approximate surface area is 133 Å². The van der Waals surface area contributed by atoms with Gasteiger partial charge in [0.15, 0.2) is 17.8 Å². The molecule has 7 heteroatoms. The van der Waals surface area contributed by atoms with Gasteiger partial charge in [-0.3, -0.25) is 10.2 Å². The molecule has 3 heterocycles. The van der Waals surface area contributed by atoms with Crippen molar-refractivity contribution in [2.24, 2.45) is 0 Å². The van der Waals surface area contributed by atoms with Gasteiger partial charge < -0.3 is 14.4 Å². The normalized spacial score (nSPS) is 16.0. The summed E-state index contributed by atoms with van der Waals surface area (Å²) in [4.78, 5) is 21.0. The van der Waals surface area contributed by atoms with Crippen molar-refractivity contribution in [3.8, 4) is 0 Å². The number of nitrogens with zero attached hydrogens (tertiary/aromatic N) is 4. The van der Waals surface area contributed by atoms with E-state index < -0.39 is 5.82 Å². The van der Waals surface area contributed by atoms with Crippen molar-refractivity contribution >= 4 is 23.1 Å². The average molecular weight is 318 g/mol. The third-order valence-corrected chi connectivity index (χ3v) is 4.33. The Morgan fingerprint density at radius 2 is 2.04 bits per heavy atom. The number of aromatic nitrogens is 2. The number of fused-ring (bicyclic) bond motifs is 1. The molecule has 0 unspecified atom stereocenters. The lowest BCUT2D eigenvalue weighted by molar-refractivity contribution is -0.104. The predicted octanol–water partition coefficient (Wildman–Crippen LogP) is -0.515. The Morgan fingerprint density at radius 3 is 2.65 bits per heavy atom. The monoisotopic (exact) mass is 318 g/mol. The molecule has 23 heavy (non-hydrogen) atoms. The molecule has 1 saturated heterocycles. The van der Waals surface area contributed by atoms with Gasteiger partial charge in [-0.15, -0.1) is 0 Å². The van der Waals surface area contributed by atoms with E-state index in [1.54, 1.807) is 6.20 Å². The van der Waals surface area contributed by atoms with Gasteiger partial charge in [-0.25, -0.2) is 9.37 Å². The number of halogens is 1. The van der Waals surface area contributed by atoms with Crippen LogP contribution >= 0.6 is 0 Å². The molecule has 2 N–H and O–H groups in total. The highest BCUT2D eigenvalue weighted by molar-refractivity contribution is 5.85. The fraction of sp³-hybridized carbons (Fsp3) is 0.438. The Hall–Kier alpha value is -2.28. The topological polar surface area (TPSA) is 67.0 Å². The van der Waals surface area contributed by atoms with Crippen LogP contribution in [0.25, 0.3) is 11.0 Å². The van der Waals surface area contributed by atoms with E-state index in [-0.39, 0.29) is 10.8 Å². The molecule has 0 aliphatic carbocycles. The quantitative estimate of drug-likeness (QED) is 0.774. The highest BCUT2D eigenvalue weighted by Gasteiger charge is 2.21. The van der Waals surface area contributed by atoms with Gasteiger partial charge in [0.05, 0.1) is 5.39 Å². The summed E-state index contributed by atoms with van der Waals surface area (Å²) in [7, 11) is 2.04. The summed E-state index contributed by atoms with van der Waals surface area (Å²) in [5.74, 6) is -0.146. The van der Waals surface area contributed by atoms with Crippen molar-refractivity contribution in [3.05, 3.63) is 33.9 Å². The number of pyridine rings is 2. The number of aryl methyl sites for hydroxylation is 1. The Morgan fingerprint density at radius 1 is 1.35 bits per heavy atom. The van der Waals surface area contributed by atoms with Gasteiger partial charge in [0, 0.05) is 38.9 Å². The third kappa shape index (κ3) is 2.72. The van der Waals surface area contributed by atoms with Crippen LogP contribution in [-0.2, 0) is 6.54 Å². The van der Waals surface area contributed by atoms with Gasteiger partial charge in [0.25, 0.3) is 0 Å². The second kappa shape index (κ2) is 6.08. The molecular formula is C16H21FN5O+. The molecule has 0 aromatic carbocycles. The summed E-state index contributed by atoms with van der Waals surface area (Å²) >= 11 is 0. The number of hydrogen-bond acceptors (Lipinski definition) is 4. The predicted molar refractivity (Wildman–Crippen MR) is 88.4 cm³/mol. The summed E-state index contributed by atoms with van der Waals surface area (Å²) in [6.07, 6.45) is 2.92. The van der Waals surface area contributed by atoms with Crippen LogP contribution in [0.1, 0.15) is 12.5 Å². The number of anilines is 1. The zero-order chi connectivity index (χ0) is 16.6. The Balaban J connectivity index is 2.17. The third-order valence-electron chi connectivity index (χ3n) is 4.33. The zero-order valence-electron chi connectivity index (χ0n) is 13.4. The van der Waals surface area contributed by atoms with Crippen LogP contribution in [0.2, 0.25) is 0 Å². The van der Waals surface area contributed by atoms with Crippen molar-refractivity contribution in [1.82, 2.24) is 14.5 Å². The van der Waals surface area contributed by atoms with Gasteiger partial charge in [-0.05, 0) is 20.0 Å². The number of rotatable bonds is 3. The number of piperazine rings is 1. The highest BCUT2D eigenvalue weighted by atomic mass is 19.1. The first kappa shape index (κ1) is 15.6. The zero-order valence-corrected chi connectivity index (χ0v) is 13.4. The van der Waals surface area contributed by atoms with Crippen molar-refractivity contribution in [3.63, 3.8) is 0 Å². The Kier molecular flexibility index (Phi) is 4.12. The number of likely N-dealkylation sites (N-methyl/N-ethyl adjacent to an activating group) is 1. The minimum atomic E-state index is -0.462. The van der Waals surface area contributed by atoms with E-state index in [1.807, 2.05) is 23.4 Å². The molecule has 1 fully saturated rings. The molecule has 0 atom stereocenters. The molecule has 0 saturated carbocycles. The lowest BCUT2D eigenvalue weighted by atomic mass is 10.2. The summed E-state index contributed by atoms with van der Waals surface area (Å²) < 4.78 is 16.4. The maximum Gasteiger partial charge on any atom is 0.204 e. The van der Waals surface area contributed by atoms with Crippen molar-refractivity contribution in [2.45, 2.75) is 13.5 Å². The summed E-state index contributed by atoms with van der Waals surface area (Å²) in [5.41, 5.74) is 0.565. The lowest BCUT2D eigenvalue weighted by Crippen LogP contribution is -2.45. The van der Waals surface area contributed by atoms with E-state index in [0.29, 0.717) is 23.6 Å². The van der Waals surface area contributed by atoms with Crippen LogP contribution in [0.15, 0.2) is 17.1 Å². The lowest BCUT2D eigenvalue weighted by Gasteiger charge is -2.33. The van der Waals surface area contributed by atoms with E-state index in [1.165, 1.54) is 12.3 Å². The van der Waals surface area contributed by atoms with Gasteiger partial charge in [-0.1, -0.05) is 0 Å². The molecule has 0 spiro atoms. The maximum absolute atomic E-state index is 14.5.